The van der Waals surface area contributed by atoms with Crippen molar-refractivity contribution in [1.29, 1.82) is 0 Å². The molecule has 0 aliphatic rings. The maximum Gasteiger partial charge on any atom is 0.250 e. The maximum atomic E-state index is 11.9. The van der Waals surface area contributed by atoms with E-state index in [4.69, 9.17) is 0 Å². The third-order valence-corrected chi connectivity index (χ3v) is 5.00. The van der Waals surface area contributed by atoms with Crippen LogP contribution in [0.1, 0.15) is 0 Å². The molecule has 1 aromatic carbocycles. The van der Waals surface area contributed by atoms with Gasteiger partial charge in [0.2, 0.25) is 11.5 Å². The summed E-state index contributed by atoms with van der Waals surface area (Å²) in [7, 11) is 3.45. The fraction of sp³-hybridized carbons (Fsp3) is 0.0870. The summed E-state index contributed by atoms with van der Waals surface area (Å²) >= 11 is 0. The number of aryl methyl sites for hydroxylation is 1. The molecule has 0 fully saturated rings. The second-order valence-corrected chi connectivity index (χ2v) is 6.84. The van der Waals surface area contributed by atoms with Gasteiger partial charge in [0.05, 0.1) is 0 Å². The Bertz CT molecular complexity index is 1300. The van der Waals surface area contributed by atoms with Gasteiger partial charge in [0.1, 0.15) is 5.65 Å². The van der Waals surface area contributed by atoms with Gasteiger partial charge in [-0.05, 0) is 35.9 Å². The summed E-state index contributed by atoms with van der Waals surface area (Å²) in [6.07, 6.45) is 6.81. The van der Waals surface area contributed by atoms with E-state index < -0.39 is 0 Å². The van der Waals surface area contributed by atoms with Crippen LogP contribution in [0, 0.1) is 0 Å². The molecule has 0 aliphatic heterocycles. The first kappa shape index (κ1) is 18.4. The lowest BCUT2D eigenvalue weighted by molar-refractivity contribution is -0.113. The molecule has 144 valence electrons. The fourth-order valence-corrected chi connectivity index (χ4v) is 3.31. The average molecular weight is 384 g/mol. The Morgan fingerprint density at radius 2 is 2.00 bits per heavy atom. The van der Waals surface area contributed by atoms with E-state index in [1.807, 2.05) is 42.7 Å². The zero-order valence-corrected chi connectivity index (χ0v) is 16.2. The Hall–Kier alpha value is -3.93. The number of carbonyl (C=O) groups excluding carboxylic acids is 1. The van der Waals surface area contributed by atoms with E-state index in [2.05, 4.69) is 22.6 Å². The van der Waals surface area contributed by atoms with Gasteiger partial charge in [0.25, 0.3) is 0 Å². The summed E-state index contributed by atoms with van der Waals surface area (Å²) in [4.78, 5) is 32.9. The van der Waals surface area contributed by atoms with Crippen LogP contribution in [0.4, 0.5) is 5.69 Å². The van der Waals surface area contributed by atoms with Crippen molar-refractivity contribution in [3.8, 4) is 22.3 Å². The molecule has 0 radical (unpaired) electrons. The molecule has 4 aromatic rings. The van der Waals surface area contributed by atoms with Crippen molar-refractivity contribution < 1.29 is 4.79 Å². The highest BCUT2D eigenvalue weighted by Crippen LogP contribution is 2.31. The summed E-state index contributed by atoms with van der Waals surface area (Å²) < 4.78 is 1.56. The molecule has 0 atom stereocenters. The molecule has 3 aromatic heterocycles. The highest BCUT2D eigenvalue weighted by Gasteiger charge is 2.12. The number of pyridine rings is 2. The van der Waals surface area contributed by atoms with Crippen LogP contribution >= 0.6 is 0 Å². The molecule has 1 amide bonds. The number of likely N-dealkylation sites (N-methyl/N-ethyl adjacent to an activating group) is 1. The van der Waals surface area contributed by atoms with Crippen LogP contribution in [-0.4, -0.2) is 27.5 Å². The number of rotatable bonds is 4. The van der Waals surface area contributed by atoms with Crippen molar-refractivity contribution in [3.05, 3.63) is 84.1 Å². The first-order valence-electron chi connectivity index (χ1n) is 9.12. The van der Waals surface area contributed by atoms with Crippen LogP contribution in [0.2, 0.25) is 0 Å². The van der Waals surface area contributed by atoms with Crippen molar-refractivity contribution in [3.63, 3.8) is 0 Å². The van der Waals surface area contributed by atoms with E-state index in [1.54, 1.807) is 35.8 Å². The van der Waals surface area contributed by atoms with E-state index in [0.717, 1.165) is 39.0 Å². The zero-order chi connectivity index (χ0) is 20.5. The SMILES string of the molecule is C=CC(=O)N(C)c1cccc(-c2cnc3[nH]cc(-c4ccc(=O)n(C)c4)c3c2)c1. The lowest BCUT2D eigenvalue weighted by atomic mass is 10.0. The highest BCUT2D eigenvalue weighted by atomic mass is 16.2. The number of hydrogen-bond donors (Lipinski definition) is 1. The largest absolute Gasteiger partial charge is 0.346 e. The quantitative estimate of drug-likeness (QED) is 0.545. The number of hydrogen-bond acceptors (Lipinski definition) is 3. The molecule has 6 heteroatoms. The number of aromatic amines is 1. The van der Waals surface area contributed by atoms with Crippen molar-refractivity contribution in [2.75, 3.05) is 11.9 Å². The smallest absolute Gasteiger partial charge is 0.250 e. The molecule has 0 saturated carbocycles. The molecule has 4 rings (SSSR count). The Morgan fingerprint density at radius 3 is 2.76 bits per heavy atom. The predicted molar refractivity (Wildman–Crippen MR) is 116 cm³/mol. The Morgan fingerprint density at radius 1 is 1.17 bits per heavy atom. The standard InChI is InChI=1S/C23H20N4O2/c1-4-21(28)27(3)18-7-5-6-15(10-18)17-11-19-20(13-25-23(19)24-12-17)16-8-9-22(29)26(2)14-16/h4-14H,1H2,2-3H3,(H,24,25). The average Bonchev–Trinajstić information content (AvgIpc) is 3.18. The number of fused-ring (bicyclic) bond motifs is 1. The number of H-pyrrole nitrogens is 1. The van der Waals surface area contributed by atoms with Crippen LogP contribution in [0.5, 0.6) is 0 Å². The van der Waals surface area contributed by atoms with Crippen LogP contribution in [0.25, 0.3) is 33.3 Å². The number of benzene rings is 1. The van der Waals surface area contributed by atoms with Crippen LogP contribution in [0.15, 0.2) is 78.5 Å². The van der Waals surface area contributed by atoms with Crippen molar-refractivity contribution in [2.45, 2.75) is 0 Å². The minimum Gasteiger partial charge on any atom is -0.346 e. The predicted octanol–water partition coefficient (Wildman–Crippen LogP) is 3.74. The van der Waals surface area contributed by atoms with Gasteiger partial charge in [-0.2, -0.15) is 0 Å². The van der Waals surface area contributed by atoms with Gasteiger partial charge in [0.15, 0.2) is 0 Å². The van der Waals surface area contributed by atoms with Crippen molar-refractivity contribution in [1.82, 2.24) is 14.5 Å². The number of anilines is 1. The molecule has 0 saturated heterocycles. The van der Waals surface area contributed by atoms with E-state index in [-0.39, 0.29) is 11.5 Å². The maximum absolute atomic E-state index is 11.9. The first-order valence-corrected chi connectivity index (χ1v) is 9.12. The molecular weight excluding hydrogens is 364 g/mol. The van der Waals surface area contributed by atoms with Gasteiger partial charge in [0, 0.05) is 66.5 Å². The van der Waals surface area contributed by atoms with Gasteiger partial charge in [-0.25, -0.2) is 4.98 Å². The van der Waals surface area contributed by atoms with Gasteiger partial charge < -0.3 is 14.5 Å². The van der Waals surface area contributed by atoms with Crippen LogP contribution in [0.3, 0.4) is 0 Å². The molecule has 0 spiro atoms. The summed E-state index contributed by atoms with van der Waals surface area (Å²) in [6, 6.07) is 13.2. The summed E-state index contributed by atoms with van der Waals surface area (Å²) in [5.41, 5.74) is 5.29. The number of amides is 1. The zero-order valence-electron chi connectivity index (χ0n) is 16.2. The van der Waals surface area contributed by atoms with E-state index >= 15 is 0 Å². The van der Waals surface area contributed by atoms with Crippen LogP contribution < -0.4 is 10.5 Å². The van der Waals surface area contributed by atoms with E-state index in [1.165, 1.54) is 6.08 Å². The lowest BCUT2D eigenvalue weighted by Gasteiger charge is -2.16. The fourth-order valence-electron chi connectivity index (χ4n) is 3.31. The van der Waals surface area contributed by atoms with Gasteiger partial charge in [-0.15, -0.1) is 0 Å². The monoisotopic (exact) mass is 384 g/mol. The minimum atomic E-state index is -0.168. The molecule has 0 bridgehead atoms. The number of carbonyl (C=O) groups is 1. The number of aromatic nitrogens is 3. The molecule has 29 heavy (non-hydrogen) atoms. The third-order valence-electron chi connectivity index (χ3n) is 5.00. The van der Waals surface area contributed by atoms with E-state index in [9.17, 15) is 9.59 Å². The molecular formula is C23H20N4O2. The van der Waals surface area contributed by atoms with Crippen molar-refractivity contribution >= 4 is 22.6 Å². The van der Waals surface area contributed by atoms with Gasteiger partial charge in [-0.3, -0.25) is 9.59 Å². The molecule has 0 unspecified atom stereocenters. The molecule has 1 N–H and O–H groups in total. The second-order valence-electron chi connectivity index (χ2n) is 6.84. The highest BCUT2D eigenvalue weighted by molar-refractivity contribution is 6.01. The number of nitrogens with zero attached hydrogens (tertiary/aromatic N) is 3. The topological polar surface area (TPSA) is 71.0 Å². The van der Waals surface area contributed by atoms with Crippen molar-refractivity contribution in [2.24, 2.45) is 7.05 Å². The molecule has 0 aliphatic carbocycles. The normalized spacial score (nSPS) is 10.8. The Kier molecular flexibility index (Phi) is 4.60. The molecule has 3 heterocycles. The summed E-state index contributed by atoms with van der Waals surface area (Å²) in [6.45, 7) is 3.54. The third kappa shape index (κ3) is 3.36. The van der Waals surface area contributed by atoms with Gasteiger partial charge in [-0.1, -0.05) is 18.7 Å². The Labute approximate surface area is 167 Å². The Balaban J connectivity index is 1.80. The summed E-state index contributed by atoms with van der Waals surface area (Å²) in [5.74, 6) is -0.168. The molecule has 6 nitrogen and oxygen atoms in total. The van der Waals surface area contributed by atoms with E-state index in [0.29, 0.717) is 0 Å². The summed E-state index contributed by atoms with van der Waals surface area (Å²) in [5, 5.41) is 0.960. The van der Waals surface area contributed by atoms with Gasteiger partial charge >= 0.3 is 0 Å². The minimum absolute atomic E-state index is 0.0533. The first-order chi connectivity index (χ1) is 14.0. The number of nitrogens with one attached hydrogen (secondary N) is 1. The van der Waals surface area contributed by atoms with Crippen LogP contribution in [-0.2, 0) is 11.8 Å². The lowest BCUT2D eigenvalue weighted by Crippen LogP contribution is -2.23. The second kappa shape index (κ2) is 7.24.